The average Bonchev–Trinajstić information content (AvgIpc) is 2.64. The molecule has 0 aliphatic carbocycles. The molecule has 0 bridgehead atoms. The van der Waals surface area contributed by atoms with Gasteiger partial charge in [-0.3, -0.25) is 9.78 Å². The third-order valence-electron chi connectivity index (χ3n) is 5.85. The Morgan fingerprint density at radius 3 is 2.67 bits per heavy atom. The number of likely N-dealkylation sites (tertiary alicyclic amines) is 1. The molecule has 1 amide bonds. The molecule has 1 atom stereocenters. The molecule has 0 radical (unpaired) electrons. The van der Waals surface area contributed by atoms with Crippen molar-refractivity contribution in [2.24, 2.45) is 0 Å². The van der Waals surface area contributed by atoms with E-state index < -0.39 is 5.60 Å². The predicted octanol–water partition coefficient (Wildman–Crippen LogP) is 3.17. The van der Waals surface area contributed by atoms with Gasteiger partial charge in [-0.15, -0.1) is 0 Å². The van der Waals surface area contributed by atoms with Gasteiger partial charge in [-0.25, -0.2) is 0 Å². The van der Waals surface area contributed by atoms with Gasteiger partial charge in [-0.2, -0.15) is 0 Å². The van der Waals surface area contributed by atoms with Crippen molar-refractivity contribution in [3.63, 3.8) is 0 Å². The molecule has 142 valence electrons. The summed E-state index contributed by atoms with van der Waals surface area (Å²) in [5, 5.41) is 0. The number of piperidine rings is 1. The fraction of sp³-hybridized carbons (Fsp3) is 0.455. The largest absolute Gasteiger partial charge is 0.374 e. The van der Waals surface area contributed by atoms with Gasteiger partial charge in [0.25, 0.3) is 0 Å². The lowest BCUT2D eigenvalue weighted by atomic mass is 9.80. The summed E-state index contributed by atoms with van der Waals surface area (Å²) in [6.45, 7) is 4.59. The number of pyridine rings is 1. The smallest absolute Gasteiger partial charge is 0.223 e. The number of benzene rings is 1. The molecule has 3 heterocycles. The van der Waals surface area contributed by atoms with Crippen LogP contribution in [-0.2, 0) is 26.4 Å². The van der Waals surface area contributed by atoms with Gasteiger partial charge in [-0.05, 0) is 42.0 Å². The highest BCUT2D eigenvalue weighted by Crippen LogP contribution is 2.41. The van der Waals surface area contributed by atoms with Gasteiger partial charge >= 0.3 is 0 Å². The van der Waals surface area contributed by atoms with Crippen molar-refractivity contribution in [1.29, 1.82) is 0 Å². The van der Waals surface area contributed by atoms with Gasteiger partial charge in [0.05, 0.1) is 18.9 Å². The normalized spacial score (nSPS) is 21.8. The Hall–Kier alpha value is -2.24. The second kappa shape index (κ2) is 7.41. The van der Waals surface area contributed by atoms with Crippen LogP contribution in [0.5, 0.6) is 0 Å². The Bertz CT molecular complexity index is 812. The summed E-state index contributed by atoms with van der Waals surface area (Å²) in [6.07, 6.45) is 3.30. The first-order valence-corrected chi connectivity index (χ1v) is 9.53. The highest BCUT2D eigenvalue weighted by atomic mass is 16.6. The zero-order chi connectivity index (χ0) is 18.9. The van der Waals surface area contributed by atoms with Crippen molar-refractivity contribution < 1.29 is 14.3 Å². The summed E-state index contributed by atoms with van der Waals surface area (Å²) < 4.78 is 11.2. The van der Waals surface area contributed by atoms with Crippen LogP contribution in [0.25, 0.3) is 0 Å². The zero-order valence-electron chi connectivity index (χ0n) is 16.0. The highest BCUT2D eigenvalue weighted by molar-refractivity contribution is 5.78. The van der Waals surface area contributed by atoms with Crippen molar-refractivity contribution in [1.82, 2.24) is 9.88 Å². The van der Waals surface area contributed by atoms with Crippen LogP contribution in [0.4, 0.5) is 0 Å². The van der Waals surface area contributed by atoms with Crippen molar-refractivity contribution >= 4 is 5.91 Å². The summed E-state index contributed by atoms with van der Waals surface area (Å²) in [7, 11) is 1.71. The van der Waals surface area contributed by atoms with Crippen molar-refractivity contribution in [3.05, 3.63) is 65.0 Å². The minimum absolute atomic E-state index is 0.181. The fourth-order valence-electron chi connectivity index (χ4n) is 4.18. The Morgan fingerprint density at radius 2 is 2.04 bits per heavy atom. The SMILES string of the molecule is COC1(c2nccc(C)c2C2CCN(Cc3ccccc3)C(=O)C2)COC1. The third-order valence-corrected chi connectivity index (χ3v) is 5.85. The molecule has 2 aliphatic rings. The standard InChI is InChI=1S/C22H26N2O3/c1-16-8-10-23-21(22(26-2)14-27-15-22)20(16)18-9-11-24(19(25)12-18)13-17-6-4-3-5-7-17/h3-8,10,18H,9,11-15H2,1-2H3. The number of aryl methyl sites for hydroxylation is 1. The fourth-order valence-corrected chi connectivity index (χ4v) is 4.18. The molecular formula is C22H26N2O3. The highest BCUT2D eigenvalue weighted by Gasteiger charge is 2.45. The Balaban J connectivity index is 1.55. The molecule has 2 fully saturated rings. The molecule has 1 aromatic carbocycles. The molecule has 0 N–H and O–H groups in total. The van der Waals surface area contributed by atoms with Crippen molar-refractivity contribution in [3.8, 4) is 0 Å². The maximum absolute atomic E-state index is 12.9. The summed E-state index contributed by atoms with van der Waals surface area (Å²) in [4.78, 5) is 19.5. The number of aromatic nitrogens is 1. The summed E-state index contributed by atoms with van der Waals surface area (Å²) >= 11 is 0. The molecule has 2 aliphatic heterocycles. The van der Waals surface area contributed by atoms with Crippen LogP contribution in [0.1, 0.15) is 41.1 Å². The van der Waals surface area contributed by atoms with Crippen LogP contribution in [0.15, 0.2) is 42.6 Å². The molecule has 0 saturated carbocycles. The van der Waals surface area contributed by atoms with Gasteiger partial charge in [0.15, 0.2) is 5.60 Å². The lowest BCUT2D eigenvalue weighted by Gasteiger charge is -2.42. The molecule has 4 rings (SSSR count). The number of methoxy groups -OCH3 is 1. The van der Waals surface area contributed by atoms with Crippen molar-refractivity contribution in [2.75, 3.05) is 26.9 Å². The van der Waals surface area contributed by atoms with E-state index >= 15 is 0 Å². The second-order valence-electron chi connectivity index (χ2n) is 7.57. The van der Waals surface area contributed by atoms with Gasteiger partial charge in [-0.1, -0.05) is 30.3 Å². The van der Waals surface area contributed by atoms with E-state index in [0.29, 0.717) is 26.2 Å². The predicted molar refractivity (Wildman–Crippen MR) is 102 cm³/mol. The van der Waals surface area contributed by atoms with Crippen LogP contribution in [0, 0.1) is 6.92 Å². The molecule has 2 aromatic rings. The number of nitrogens with zero attached hydrogens (tertiary/aromatic N) is 2. The Labute approximate surface area is 160 Å². The lowest BCUT2D eigenvalue weighted by molar-refractivity contribution is -0.205. The van der Waals surface area contributed by atoms with Crippen LogP contribution < -0.4 is 0 Å². The lowest BCUT2D eigenvalue weighted by Crippen LogP contribution is -2.50. The topological polar surface area (TPSA) is 51.7 Å². The van der Waals surface area contributed by atoms with E-state index in [1.807, 2.05) is 35.4 Å². The van der Waals surface area contributed by atoms with E-state index in [-0.39, 0.29) is 11.8 Å². The number of hydrogen-bond acceptors (Lipinski definition) is 4. The molecule has 1 unspecified atom stereocenters. The van der Waals surface area contributed by atoms with Crippen LogP contribution >= 0.6 is 0 Å². The summed E-state index contributed by atoms with van der Waals surface area (Å²) in [5.41, 5.74) is 4.01. The number of carbonyl (C=O) groups is 1. The minimum Gasteiger partial charge on any atom is -0.374 e. The second-order valence-corrected chi connectivity index (χ2v) is 7.57. The third kappa shape index (κ3) is 3.37. The van der Waals surface area contributed by atoms with Crippen molar-refractivity contribution in [2.45, 2.75) is 37.8 Å². The van der Waals surface area contributed by atoms with Crippen LogP contribution in [0.2, 0.25) is 0 Å². The number of hydrogen-bond donors (Lipinski definition) is 0. The minimum atomic E-state index is -0.467. The summed E-state index contributed by atoms with van der Waals surface area (Å²) in [6, 6.07) is 12.2. The average molecular weight is 366 g/mol. The molecule has 0 spiro atoms. The van der Waals surface area contributed by atoms with E-state index in [2.05, 4.69) is 24.0 Å². The molecule has 27 heavy (non-hydrogen) atoms. The first-order chi connectivity index (χ1) is 13.1. The van der Waals surface area contributed by atoms with Gasteiger partial charge < -0.3 is 14.4 Å². The van der Waals surface area contributed by atoms with Gasteiger partial charge in [0, 0.05) is 32.8 Å². The number of ether oxygens (including phenoxy) is 2. The van der Waals surface area contributed by atoms with E-state index in [4.69, 9.17) is 9.47 Å². The number of amides is 1. The first kappa shape index (κ1) is 18.1. The van der Waals surface area contributed by atoms with E-state index in [1.165, 1.54) is 16.7 Å². The molecule has 1 aromatic heterocycles. The molecular weight excluding hydrogens is 340 g/mol. The Kier molecular flexibility index (Phi) is 4.98. The van der Waals surface area contributed by atoms with Gasteiger partial charge in [0.2, 0.25) is 5.91 Å². The molecule has 2 saturated heterocycles. The first-order valence-electron chi connectivity index (χ1n) is 9.53. The van der Waals surface area contributed by atoms with Gasteiger partial charge in [0.1, 0.15) is 0 Å². The zero-order valence-corrected chi connectivity index (χ0v) is 16.0. The van der Waals surface area contributed by atoms with E-state index in [0.717, 1.165) is 18.7 Å². The van der Waals surface area contributed by atoms with E-state index in [9.17, 15) is 4.79 Å². The maximum atomic E-state index is 12.9. The Morgan fingerprint density at radius 1 is 1.26 bits per heavy atom. The molecule has 5 heteroatoms. The van der Waals surface area contributed by atoms with Crippen LogP contribution in [-0.4, -0.2) is 42.7 Å². The van der Waals surface area contributed by atoms with E-state index in [1.54, 1.807) is 7.11 Å². The quantitative estimate of drug-likeness (QED) is 0.816. The number of carbonyl (C=O) groups excluding carboxylic acids is 1. The monoisotopic (exact) mass is 366 g/mol. The number of rotatable bonds is 5. The molecule has 5 nitrogen and oxygen atoms in total. The van der Waals surface area contributed by atoms with Crippen LogP contribution in [0.3, 0.4) is 0 Å². The maximum Gasteiger partial charge on any atom is 0.223 e. The summed E-state index contributed by atoms with van der Waals surface area (Å²) in [5.74, 6) is 0.390.